The van der Waals surface area contributed by atoms with Crippen molar-refractivity contribution < 1.29 is 13.8 Å². The van der Waals surface area contributed by atoms with Crippen LogP contribution in [0.4, 0.5) is 4.79 Å². The molecule has 19 heavy (non-hydrogen) atoms. The first-order chi connectivity index (χ1) is 9.04. The zero-order valence-corrected chi connectivity index (χ0v) is 13.2. The van der Waals surface area contributed by atoms with E-state index >= 15 is 0 Å². The number of benzene rings is 1. The molecular weight excluding hydrogens is 304 g/mol. The molecule has 0 heterocycles. The maximum absolute atomic E-state index is 11.9. The van der Waals surface area contributed by atoms with Crippen molar-refractivity contribution in [1.29, 1.82) is 0 Å². The molecule has 0 saturated heterocycles. The lowest BCUT2D eigenvalue weighted by atomic mass is 10.4. The SMILES string of the molecule is CS/C(C)=N/OC(=O)N(C)S(=O)Sc1ccccc1. The molecule has 0 aromatic heterocycles. The largest absolute Gasteiger partial charge is 0.448 e. The van der Waals surface area contributed by atoms with Crippen LogP contribution < -0.4 is 0 Å². The Morgan fingerprint density at radius 1 is 1.37 bits per heavy atom. The average molecular weight is 318 g/mol. The fourth-order valence-electron chi connectivity index (χ4n) is 0.873. The molecule has 0 bridgehead atoms. The van der Waals surface area contributed by atoms with Gasteiger partial charge in [-0.15, -0.1) is 11.8 Å². The van der Waals surface area contributed by atoms with Gasteiger partial charge in [0.05, 0.1) is 0 Å². The van der Waals surface area contributed by atoms with Crippen LogP contribution in [-0.4, -0.2) is 33.0 Å². The van der Waals surface area contributed by atoms with Gasteiger partial charge < -0.3 is 0 Å². The van der Waals surface area contributed by atoms with Crippen LogP contribution in [0, 0.1) is 0 Å². The molecule has 8 heteroatoms. The molecule has 0 spiro atoms. The number of carbonyl (C=O) groups is 1. The Balaban J connectivity index is 2.55. The topological polar surface area (TPSA) is 59.0 Å². The van der Waals surface area contributed by atoms with Crippen LogP contribution in [0.15, 0.2) is 40.4 Å². The van der Waals surface area contributed by atoms with Crippen LogP contribution in [0.25, 0.3) is 0 Å². The van der Waals surface area contributed by atoms with Crippen molar-refractivity contribution in [3.63, 3.8) is 0 Å². The van der Waals surface area contributed by atoms with E-state index in [1.54, 1.807) is 6.92 Å². The molecule has 1 aromatic rings. The molecule has 1 amide bonds. The highest BCUT2D eigenvalue weighted by atomic mass is 33.1. The molecule has 0 aliphatic rings. The van der Waals surface area contributed by atoms with Gasteiger partial charge in [0.2, 0.25) is 0 Å². The zero-order chi connectivity index (χ0) is 14.3. The van der Waals surface area contributed by atoms with Crippen LogP contribution >= 0.6 is 22.6 Å². The maximum atomic E-state index is 11.9. The lowest BCUT2D eigenvalue weighted by Crippen LogP contribution is -2.26. The Morgan fingerprint density at radius 3 is 2.58 bits per heavy atom. The van der Waals surface area contributed by atoms with Gasteiger partial charge in [-0.25, -0.2) is 13.3 Å². The van der Waals surface area contributed by atoms with Gasteiger partial charge in [0.15, 0.2) is 10.0 Å². The highest BCUT2D eigenvalue weighted by Gasteiger charge is 2.18. The molecule has 1 rings (SSSR count). The van der Waals surface area contributed by atoms with Crippen LogP contribution in [0.1, 0.15) is 6.92 Å². The highest BCUT2D eigenvalue weighted by Crippen LogP contribution is 2.23. The number of nitrogens with zero attached hydrogens (tertiary/aromatic N) is 2. The molecule has 0 radical (unpaired) electrons. The monoisotopic (exact) mass is 318 g/mol. The Bertz CT molecular complexity index is 479. The summed E-state index contributed by atoms with van der Waals surface area (Å²) in [5.74, 6) is 0. The van der Waals surface area contributed by atoms with Crippen molar-refractivity contribution in [2.24, 2.45) is 5.16 Å². The second kappa shape index (κ2) is 8.23. The van der Waals surface area contributed by atoms with Gasteiger partial charge in [-0.3, -0.25) is 4.84 Å². The van der Waals surface area contributed by atoms with E-state index in [0.717, 1.165) is 20.0 Å². The molecule has 0 saturated carbocycles. The fourth-order valence-corrected chi connectivity index (χ4v) is 3.03. The van der Waals surface area contributed by atoms with E-state index in [0.29, 0.717) is 5.04 Å². The number of rotatable bonds is 4. The van der Waals surface area contributed by atoms with Crippen molar-refractivity contribution in [3.8, 4) is 0 Å². The van der Waals surface area contributed by atoms with Crippen LogP contribution in [0.2, 0.25) is 0 Å². The minimum atomic E-state index is -1.56. The number of oxime groups is 1. The summed E-state index contributed by atoms with van der Waals surface area (Å²) < 4.78 is 12.9. The van der Waals surface area contributed by atoms with Gasteiger partial charge in [0, 0.05) is 11.9 Å². The van der Waals surface area contributed by atoms with E-state index in [1.165, 1.54) is 18.8 Å². The molecule has 0 aliphatic carbocycles. The molecule has 0 aliphatic heterocycles. The Morgan fingerprint density at radius 2 is 2.00 bits per heavy atom. The summed E-state index contributed by atoms with van der Waals surface area (Å²) in [6.07, 6.45) is 1.06. The van der Waals surface area contributed by atoms with E-state index in [2.05, 4.69) is 9.99 Å². The quantitative estimate of drug-likeness (QED) is 0.281. The molecule has 1 aromatic carbocycles. The number of hydrogen-bond donors (Lipinski definition) is 0. The minimum absolute atomic E-state index is 0.614. The molecule has 5 nitrogen and oxygen atoms in total. The number of hydrogen-bond acceptors (Lipinski definition) is 6. The lowest BCUT2D eigenvalue weighted by molar-refractivity contribution is 0.136. The standard InChI is InChI=1S/C11H14N2O3S3/c1-9(17-3)12-16-11(14)13(2)19(15)18-10-7-5-4-6-8-10/h4-8H,1-3H3/b12-9+. The summed E-state index contributed by atoms with van der Waals surface area (Å²) in [5, 5.41) is 4.21. The molecular formula is C11H14N2O3S3. The first-order valence-electron chi connectivity index (χ1n) is 5.23. The smallest absolute Gasteiger partial charge is 0.296 e. The van der Waals surface area contributed by atoms with Gasteiger partial charge in [-0.1, -0.05) is 23.4 Å². The summed E-state index contributed by atoms with van der Waals surface area (Å²) in [5.41, 5.74) is 0. The molecule has 1 unspecified atom stereocenters. The third-order valence-corrected chi connectivity index (χ3v) is 5.48. The van der Waals surface area contributed by atoms with Crippen molar-refractivity contribution >= 4 is 43.7 Å². The second-order valence-electron chi connectivity index (χ2n) is 3.28. The number of amides is 1. The van der Waals surface area contributed by atoms with Crippen LogP contribution in [-0.2, 0) is 14.9 Å². The van der Waals surface area contributed by atoms with E-state index < -0.39 is 16.1 Å². The number of carbonyl (C=O) groups excluding carboxylic acids is 1. The van der Waals surface area contributed by atoms with Gasteiger partial charge in [0.1, 0.15) is 5.04 Å². The van der Waals surface area contributed by atoms with Gasteiger partial charge in [-0.05, 0) is 36.1 Å². The van der Waals surface area contributed by atoms with E-state index in [-0.39, 0.29) is 0 Å². The molecule has 104 valence electrons. The predicted molar refractivity (Wildman–Crippen MR) is 81.3 cm³/mol. The van der Waals surface area contributed by atoms with Crippen molar-refractivity contribution in [2.45, 2.75) is 11.8 Å². The van der Waals surface area contributed by atoms with Gasteiger partial charge >= 0.3 is 6.09 Å². The Labute approximate surface area is 122 Å². The summed E-state index contributed by atoms with van der Waals surface area (Å²) in [6, 6.07) is 9.17. The summed E-state index contributed by atoms with van der Waals surface area (Å²) in [6.45, 7) is 1.72. The first-order valence-corrected chi connectivity index (χ1v) is 8.89. The van der Waals surface area contributed by atoms with Crippen molar-refractivity contribution in [2.75, 3.05) is 13.3 Å². The second-order valence-corrected chi connectivity index (χ2v) is 7.26. The predicted octanol–water partition coefficient (Wildman–Crippen LogP) is 3.12. The fraction of sp³-hybridized carbons (Fsp3) is 0.273. The Kier molecular flexibility index (Phi) is 6.96. The van der Waals surface area contributed by atoms with Crippen LogP contribution in [0.5, 0.6) is 0 Å². The highest BCUT2D eigenvalue weighted by molar-refractivity contribution is 8.68. The molecule has 1 atom stereocenters. The summed E-state index contributed by atoms with van der Waals surface area (Å²) in [4.78, 5) is 17.0. The maximum Gasteiger partial charge on any atom is 0.448 e. The third-order valence-electron chi connectivity index (χ3n) is 1.94. The van der Waals surface area contributed by atoms with E-state index in [4.69, 9.17) is 0 Å². The summed E-state index contributed by atoms with van der Waals surface area (Å²) in [7, 11) is 0.902. The van der Waals surface area contributed by atoms with E-state index in [1.807, 2.05) is 36.6 Å². The third kappa shape index (κ3) is 5.66. The summed E-state index contributed by atoms with van der Waals surface area (Å²) >= 11 is 1.36. The zero-order valence-electron chi connectivity index (χ0n) is 10.7. The van der Waals surface area contributed by atoms with Crippen molar-refractivity contribution in [1.82, 2.24) is 4.31 Å². The molecule has 0 N–H and O–H groups in total. The minimum Gasteiger partial charge on any atom is -0.296 e. The molecule has 0 fully saturated rings. The number of thioether (sulfide) groups is 1. The van der Waals surface area contributed by atoms with Gasteiger partial charge in [-0.2, -0.15) is 0 Å². The normalized spacial score (nSPS) is 12.9. The van der Waals surface area contributed by atoms with E-state index in [9.17, 15) is 9.00 Å². The van der Waals surface area contributed by atoms with Gasteiger partial charge in [0.25, 0.3) is 0 Å². The van der Waals surface area contributed by atoms with Crippen LogP contribution in [0.3, 0.4) is 0 Å². The first kappa shape index (κ1) is 16.1. The Hall–Kier alpha value is -0.990. The average Bonchev–Trinajstić information content (AvgIpc) is 2.44. The van der Waals surface area contributed by atoms with Crippen molar-refractivity contribution in [3.05, 3.63) is 30.3 Å². The lowest BCUT2D eigenvalue weighted by Gasteiger charge is -2.12.